The van der Waals surface area contributed by atoms with Crippen molar-refractivity contribution in [3.8, 4) is 0 Å². The molecule has 14 heteroatoms. The summed E-state index contributed by atoms with van der Waals surface area (Å²) in [5, 5.41) is 0. The first-order valence-corrected chi connectivity index (χ1v) is 19.8. The Balaban J connectivity index is 0. The zero-order chi connectivity index (χ0) is 41.8. The Morgan fingerprint density at radius 2 is 0.821 bits per heavy atom. The molecule has 4 heterocycles. The van der Waals surface area contributed by atoms with E-state index in [1.807, 2.05) is 41.5 Å². The third kappa shape index (κ3) is 27.0. The summed E-state index contributed by atoms with van der Waals surface area (Å²) in [5.41, 5.74) is 0.583. The summed E-state index contributed by atoms with van der Waals surface area (Å²) in [4.78, 5) is 58.3. The van der Waals surface area contributed by atoms with Crippen LogP contribution in [0, 0.1) is 60.8 Å². The molecule has 0 saturated heterocycles. The molecule has 56 heavy (non-hydrogen) atoms. The van der Waals surface area contributed by atoms with Crippen molar-refractivity contribution in [2.24, 2.45) is 15.4 Å². The fourth-order valence-electron chi connectivity index (χ4n) is 4.18. The van der Waals surface area contributed by atoms with Crippen LogP contribution in [0.4, 0.5) is 5.95 Å². The molecule has 0 amide bonds. The van der Waals surface area contributed by atoms with Crippen LogP contribution in [0.1, 0.15) is 172 Å². The van der Waals surface area contributed by atoms with Crippen molar-refractivity contribution in [2.45, 2.75) is 176 Å². The highest BCUT2D eigenvalue weighted by Gasteiger charge is 2.09. The summed E-state index contributed by atoms with van der Waals surface area (Å²) in [5.74, 6) is 8.75. The molecule has 0 spiro atoms. The van der Waals surface area contributed by atoms with Gasteiger partial charge in [0.2, 0.25) is 0 Å². The molecule has 0 bridgehead atoms. The predicted octanol–water partition coefficient (Wildman–Crippen LogP) is 9.66. The van der Waals surface area contributed by atoms with Crippen LogP contribution in [0.5, 0.6) is 0 Å². The van der Waals surface area contributed by atoms with Gasteiger partial charge < -0.3 is 0 Å². The van der Waals surface area contributed by atoms with Crippen LogP contribution in [0.3, 0.4) is 0 Å². The second-order valence-corrected chi connectivity index (χ2v) is 13.8. The molecule has 0 atom stereocenters. The molecule has 0 aliphatic heterocycles. The second kappa shape index (κ2) is 30.6. The first-order chi connectivity index (χ1) is 26.0. The molecule has 0 saturated carbocycles. The van der Waals surface area contributed by atoms with Gasteiger partial charge in [-0.2, -0.15) is 9.97 Å². The van der Waals surface area contributed by atoms with Gasteiger partial charge in [0.25, 0.3) is 5.95 Å². The summed E-state index contributed by atoms with van der Waals surface area (Å²) in [7, 11) is 0. The van der Waals surface area contributed by atoms with Crippen molar-refractivity contribution in [3.63, 3.8) is 0 Å². The third-order valence-electron chi connectivity index (χ3n) is 7.56. The van der Waals surface area contributed by atoms with Gasteiger partial charge in [0.05, 0.1) is 12.8 Å². The third-order valence-corrected chi connectivity index (χ3v) is 7.56. The fourth-order valence-corrected chi connectivity index (χ4v) is 4.18. The van der Waals surface area contributed by atoms with Crippen molar-refractivity contribution >= 4 is 18.4 Å². The fraction of sp³-hybridized carbons (Fsp3) is 0.667. The van der Waals surface area contributed by atoms with Gasteiger partial charge >= 0.3 is 0 Å². The maximum absolute atomic E-state index is 4.49. The quantitative estimate of drug-likeness (QED) is 0.125. The summed E-state index contributed by atoms with van der Waals surface area (Å²) in [6.45, 7) is 32.9. The number of unbranched alkanes of at least 4 members (excludes halogenated alkanes) is 2. The number of hydrogen-bond acceptors (Lipinski definition) is 14. The van der Waals surface area contributed by atoms with Gasteiger partial charge in [-0.3, -0.25) is 4.99 Å². The number of hydrogen-bond donors (Lipinski definition) is 0. The minimum absolute atomic E-state index is 0. The Morgan fingerprint density at radius 1 is 0.482 bits per heavy atom. The van der Waals surface area contributed by atoms with Crippen molar-refractivity contribution in [1.29, 1.82) is 0 Å². The SMILES string of the molecule is C.CCC.CCC(C)(C)CC.CCCCc1nc(C)nc(CCCC)n1.Cc1nc(C)nc(C)n1.Cc1nc(C)nc(C=NCC=Nc2nc(C)nc(C)n2)n1. The van der Waals surface area contributed by atoms with E-state index in [0.29, 0.717) is 47.0 Å². The zero-order valence-electron chi connectivity index (χ0n) is 37.0. The van der Waals surface area contributed by atoms with Crippen LogP contribution in [0.2, 0.25) is 0 Å². The lowest BCUT2D eigenvalue weighted by Gasteiger charge is -2.18. The maximum atomic E-state index is 4.49. The molecule has 312 valence electrons. The van der Waals surface area contributed by atoms with Crippen molar-refractivity contribution in [2.75, 3.05) is 6.54 Å². The average Bonchev–Trinajstić information content (AvgIpc) is 3.09. The Hall–Kier alpha value is -4.62. The molecule has 14 nitrogen and oxygen atoms in total. The number of rotatable bonds is 12. The Labute approximate surface area is 339 Å². The van der Waals surface area contributed by atoms with E-state index in [1.165, 1.54) is 32.1 Å². The lowest BCUT2D eigenvalue weighted by atomic mass is 9.88. The number of aromatic nitrogens is 12. The summed E-state index contributed by atoms with van der Waals surface area (Å²) >= 11 is 0. The van der Waals surface area contributed by atoms with E-state index in [4.69, 9.17) is 0 Å². The second-order valence-electron chi connectivity index (χ2n) is 13.8. The van der Waals surface area contributed by atoms with Crippen molar-refractivity contribution in [1.82, 2.24) is 59.8 Å². The minimum atomic E-state index is 0. The predicted molar refractivity (Wildman–Crippen MR) is 232 cm³/mol. The highest BCUT2D eigenvalue weighted by atomic mass is 15.1. The lowest BCUT2D eigenvalue weighted by Crippen LogP contribution is -2.05. The van der Waals surface area contributed by atoms with E-state index in [1.54, 1.807) is 26.3 Å². The Bertz CT molecular complexity index is 1520. The standard InChI is InChI=1S/C13H16N8.C12H21N3.C7H16.C6H9N3.C3H8.CH4/c1-8-16-9(2)19-12(18-8)7-14-5-6-15-13-20-10(3)17-11(4)21-13;1-4-6-8-11-13-10(3)14-12(15-11)9-7-5-2;1-5-7(3,4)6-2;1-4-7-5(2)9-6(3)8-4;1-3-2;/h6-7H,5H2,1-4H3;4-9H2,1-3H3;5-6H2,1-4H3;1-3H3;3H2,1-2H3;1H4. The molecule has 0 N–H and O–H groups in total. The summed E-state index contributed by atoms with van der Waals surface area (Å²) in [6.07, 6.45) is 13.7. The number of aliphatic imine (C=N–C) groups is 2. The highest BCUT2D eigenvalue weighted by molar-refractivity contribution is 5.76. The van der Waals surface area contributed by atoms with Gasteiger partial charge in [-0.05, 0) is 73.6 Å². The van der Waals surface area contributed by atoms with Crippen LogP contribution < -0.4 is 0 Å². The van der Waals surface area contributed by atoms with E-state index in [2.05, 4.69) is 125 Å². The monoisotopic (exact) mass is 775 g/mol. The lowest BCUT2D eigenvalue weighted by molar-refractivity contribution is 0.338. The van der Waals surface area contributed by atoms with Gasteiger partial charge in [0.1, 0.15) is 58.2 Å². The normalized spacial score (nSPS) is 10.6. The van der Waals surface area contributed by atoms with Gasteiger partial charge in [0.15, 0.2) is 5.82 Å². The summed E-state index contributed by atoms with van der Waals surface area (Å²) < 4.78 is 0. The first kappa shape index (κ1) is 53.5. The minimum Gasteiger partial charge on any atom is -0.284 e. The van der Waals surface area contributed by atoms with E-state index in [0.717, 1.165) is 60.6 Å². The van der Waals surface area contributed by atoms with Gasteiger partial charge in [-0.1, -0.05) is 94.9 Å². The molecular formula is C42H74N14. The van der Waals surface area contributed by atoms with Gasteiger partial charge in [-0.25, -0.2) is 54.8 Å². The topological polar surface area (TPSA) is 179 Å². The number of nitrogens with zero attached hydrogens (tertiary/aromatic N) is 14. The largest absolute Gasteiger partial charge is 0.284 e. The smallest absolute Gasteiger partial charge is 0.252 e. The molecule has 0 unspecified atom stereocenters. The molecule has 0 aliphatic carbocycles. The molecular weight excluding hydrogens is 701 g/mol. The highest BCUT2D eigenvalue weighted by Crippen LogP contribution is 2.22. The Kier molecular flexibility index (Phi) is 29.2. The molecule has 0 fully saturated rings. The van der Waals surface area contributed by atoms with E-state index < -0.39 is 0 Å². The van der Waals surface area contributed by atoms with Gasteiger partial charge in [0, 0.05) is 19.1 Å². The maximum Gasteiger partial charge on any atom is 0.252 e. The van der Waals surface area contributed by atoms with Crippen LogP contribution in [-0.4, -0.2) is 78.8 Å². The molecule has 0 aromatic carbocycles. The van der Waals surface area contributed by atoms with E-state index in [9.17, 15) is 0 Å². The van der Waals surface area contributed by atoms with E-state index in [-0.39, 0.29) is 7.43 Å². The zero-order valence-corrected chi connectivity index (χ0v) is 37.0. The summed E-state index contributed by atoms with van der Waals surface area (Å²) in [6, 6.07) is 0. The molecule has 4 rings (SSSR count). The van der Waals surface area contributed by atoms with Crippen molar-refractivity contribution < 1.29 is 0 Å². The Morgan fingerprint density at radius 3 is 1.16 bits per heavy atom. The molecule has 0 radical (unpaired) electrons. The van der Waals surface area contributed by atoms with E-state index >= 15 is 0 Å². The van der Waals surface area contributed by atoms with Crippen LogP contribution in [0.15, 0.2) is 9.98 Å². The average molecular weight is 775 g/mol. The molecule has 0 aliphatic rings. The number of aryl methyl sites for hydroxylation is 10. The molecule has 4 aromatic rings. The van der Waals surface area contributed by atoms with Crippen LogP contribution in [-0.2, 0) is 12.8 Å². The van der Waals surface area contributed by atoms with Crippen molar-refractivity contribution in [3.05, 3.63) is 64.1 Å². The first-order valence-electron chi connectivity index (χ1n) is 19.8. The molecule has 4 aromatic heterocycles. The van der Waals surface area contributed by atoms with Gasteiger partial charge in [-0.15, -0.1) is 0 Å². The van der Waals surface area contributed by atoms with Crippen LogP contribution in [0.25, 0.3) is 0 Å². The van der Waals surface area contributed by atoms with Crippen LogP contribution >= 0.6 is 0 Å².